The van der Waals surface area contributed by atoms with E-state index in [4.69, 9.17) is 30.6 Å². The molecule has 0 aliphatic carbocycles. The van der Waals surface area contributed by atoms with Crippen molar-refractivity contribution in [3.05, 3.63) is 64.9 Å². The van der Waals surface area contributed by atoms with E-state index in [1.165, 1.54) is 0 Å². The molecule has 2 aromatic carbocycles. The lowest BCUT2D eigenvalue weighted by Gasteiger charge is -2.08. The van der Waals surface area contributed by atoms with E-state index in [-0.39, 0.29) is 19.3 Å². The van der Waals surface area contributed by atoms with Crippen LogP contribution >= 0.6 is 11.6 Å². The number of hydrogen-bond acceptors (Lipinski definition) is 5. The van der Waals surface area contributed by atoms with Crippen molar-refractivity contribution in [2.45, 2.75) is 6.61 Å². The minimum Gasteiger partial charge on any atom is -0.459 e. The van der Waals surface area contributed by atoms with Crippen molar-refractivity contribution in [2.24, 2.45) is 0 Å². The molecule has 0 radical (unpaired) electrons. The summed E-state index contributed by atoms with van der Waals surface area (Å²) in [4.78, 5) is 12.4. The maximum Gasteiger partial charge on any atom is 0.255 e. The average Bonchev–Trinajstić information content (AvgIpc) is 3.30. The van der Waals surface area contributed by atoms with Crippen molar-refractivity contribution in [1.29, 1.82) is 0 Å². The highest BCUT2D eigenvalue weighted by molar-refractivity contribution is 6.33. The summed E-state index contributed by atoms with van der Waals surface area (Å²) >= 11 is 6.31. The summed E-state index contributed by atoms with van der Waals surface area (Å²) in [6.07, 6.45) is 0. The highest BCUT2D eigenvalue weighted by atomic mass is 35.5. The van der Waals surface area contributed by atoms with Crippen LogP contribution in [-0.2, 0) is 6.61 Å². The van der Waals surface area contributed by atoms with Crippen LogP contribution in [0.2, 0.25) is 5.02 Å². The van der Waals surface area contributed by atoms with Gasteiger partial charge >= 0.3 is 0 Å². The maximum atomic E-state index is 12.4. The van der Waals surface area contributed by atoms with Crippen molar-refractivity contribution in [3.63, 3.8) is 0 Å². The molecule has 0 fully saturated rings. The molecule has 1 aromatic heterocycles. The van der Waals surface area contributed by atoms with Crippen LogP contribution < -0.4 is 14.8 Å². The normalized spacial score (nSPS) is 12.2. The topological polar surface area (TPSA) is 80.9 Å². The third kappa shape index (κ3) is 3.12. The fourth-order valence-corrected chi connectivity index (χ4v) is 2.92. The van der Waals surface area contributed by atoms with Crippen LogP contribution in [0.1, 0.15) is 16.1 Å². The Morgan fingerprint density at radius 1 is 1.08 bits per heavy atom. The van der Waals surface area contributed by atoms with Gasteiger partial charge in [0.25, 0.3) is 5.91 Å². The first-order valence-electron chi connectivity index (χ1n) is 7.84. The molecule has 0 spiro atoms. The summed E-state index contributed by atoms with van der Waals surface area (Å²) in [5.74, 6) is 1.88. The van der Waals surface area contributed by atoms with Gasteiger partial charge in [0.05, 0.1) is 5.02 Å². The second kappa shape index (κ2) is 6.74. The van der Waals surface area contributed by atoms with Gasteiger partial charge in [-0.1, -0.05) is 11.6 Å². The minimum atomic E-state index is -0.285. The van der Waals surface area contributed by atoms with Gasteiger partial charge in [-0.25, -0.2) is 0 Å². The molecule has 26 heavy (non-hydrogen) atoms. The Bertz CT molecular complexity index is 982. The standard InChI is InChI=1S/C19H14ClNO5/c20-15-8-12(2-4-14(15)16-6-3-13(9-22)26-16)21-19(23)11-1-5-17-18(7-11)25-10-24-17/h1-8,22H,9-10H2,(H,21,23). The fraction of sp³-hybridized carbons (Fsp3) is 0.105. The number of hydrogen-bond donors (Lipinski definition) is 2. The van der Waals surface area contributed by atoms with Crippen molar-refractivity contribution in [3.8, 4) is 22.8 Å². The van der Waals surface area contributed by atoms with Crippen LogP contribution in [0.4, 0.5) is 5.69 Å². The monoisotopic (exact) mass is 371 g/mol. The maximum absolute atomic E-state index is 12.4. The Hall–Kier alpha value is -2.96. The molecule has 0 saturated carbocycles. The van der Waals surface area contributed by atoms with E-state index in [2.05, 4.69) is 5.32 Å². The summed E-state index contributed by atoms with van der Waals surface area (Å²) in [6, 6.07) is 13.5. The predicted octanol–water partition coefficient (Wildman–Crippen LogP) is 4.07. The van der Waals surface area contributed by atoms with Crippen LogP contribution in [0.5, 0.6) is 11.5 Å². The second-order valence-corrected chi connectivity index (χ2v) is 6.05. The zero-order valence-electron chi connectivity index (χ0n) is 13.5. The summed E-state index contributed by atoms with van der Waals surface area (Å²) in [5.41, 5.74) is 1.68. The van der Waals surface area contributed by atoms with E-state index in [0.29, 0.717) is 44.9 Å². The van der Waals surface area contributed by atoms with Gasteiger partial charge in [-0.15, -0.1) is 0 Å². The van der Waals surface area contributed by atoms with Gasteiger partial charge in [0.15, 0.2) is 11.5 Å². The van der Waals surface area contributed by atoms with Gasteiger partial charge in [-0.05, 0) is 48.5 Å². The highest BCUT2D eigenvalue weighted by Gasteiger charge is 2.17. The lowest BCUT2D eigenvalue weighted by atomic mass is 10.1. The van der Waals surface area contributed by atoms with Crippen molar-refractivity contribution >= 4 is 23.2 Å². The Balaban J connectivity index is 1.53. The Morgan fingerprint density at radius 2 is 1.92 bits per heavy atom. The van der Waals surface area contributed by atoms with Crippen LogP contribution in [0.15, 0.2) is 52.9 Å². The van der Waals surface area contributed by atoms with Crippen LogP contribution in [0.25, 0.3) is 11.3 Å². The van der Waals surface area contributed by atoms with E-state index in [0.717, 1.165) is 0 Å². The summed E-state index contributed by atoms with van der Waals surface area (Å²) < 4.78 is 16.0. The molecule has 0 saturated heterocycles. The number of aliphatic hydroxyl groups is 1. The number of halogens is 1. The molecule has 4 rings (SSSR count). The van der Waals surface area contributed by atoms with Gasteiger partial charge < -0.3 is 24.3 Å². The molecule has 6 nitrogen and oxygen atoms in total. The van der Waals surface area contributed by atoms with Crippen LogP contribution in [-0.4, -0.2) is 17.8 Å². The molecule has 0 atom stereocenters. The first kappa shape index (κ1) is 16.5. The van der Waals surface area contributed by atoms with Crippen molar-refractivity contribution in [2.75, 3.05) is 12.1 Å². The Labute approximate surface area is 153 Å². The third-order valence-corrected chi connectivity index (χ3v) is 4.26. The summed E-state index contributed by atoms with van der Waals surface area (Å²) in [7, 11) is 0. The van der Waals surface area contributed by atoms with E-state index < -0.39 is 0 Å². The van der Waals surface area contributed by atoms with Gasteiger partial charge in [-0.3, -0.25) is 4.79 Å². The SMILES string of the molecule is O=C(Nc1ccc(-c2ccc(CO)o2)c(Cl)c1)c1ccc2c(c1)OCO2. The van der Waals surface area contributed by atoms with E-state index >= 15 is 0 Å². The zero-order valence-corrected chi connectivity index (χ0v) is 14.2. The predicted molar refractivity (Wildman–Crippen MR) is 95.6 cm³/mol. The number of fused-ring (bicyclic) bond motifs is 1. The average molecular weight is 372 g/mol. The molecule has 1 aliphatic rings. The third-order valence-electron chi connectivity index (χ3n) is 3.94. The van der Waals surface area contributed by atoms with Gasteiger partial charge in [0, 0.05) is 16.8 Å². The smallest absolute Gasteiger partial charge is 0.255 e. The number of aliphatic hydroxyl groups excluding tert-OH is 1. The lowest BCUT2D eigenvalue weighted by Crippen LogP contribution is -2.11. The number of rotatable bonds is 4. The Morgan fingerprint density at radius 3 is 2.69 bits per heavy atom. The molecular formula is C19H14ClNO5. The number of ether oxygens (including phenoxy) is 2. The van der Waals surface area contributed by atoms with E-state index in [9.17, 15) is 4.79 Å². The van der Waals surface area contributed by atoms with Crippen molar-refractivity contribution in [1.82, 2.24) is 0 Å². The molecule has 132 valence electrons. The van der Waals surface area contributed by atoms with Crippen molar-refractivity contribution < 1.29 is 23.8 Å². The van der Waals surface area contributed by atoms with E-state index in [1.807, 2.05) is 0 Å². The molecule has 2 heterocycles. The number of carbonyl (C=O) groups is 1. The number of amides is 1. The molecule has 2 N–H and O–H groups in total. The fourth-order valence-electron chi connectivity index (χ4n) is 2.64. The van der Waals surface area contributed by atoms with Gasteiger partial charge in [-0.2, -0.15) is 0 Å². The molecule has 1 aliphatic heterocycles. The molecule has 1 amide bonds. The number of furan rings is 1. The summed E-state index contributed by atoms with van der Waals surface area (Å²) in [6.45, 7) is -0.0243. The largest absolute Gasteiger partial charge is 0.459 e. The first-order chi connectivity index (χ1) is 12.6. The van der Waals surface area contributed by atoms with E-state index in [1.54, 1.807) is 48.5 Å². The number of anilines is 1. The number of benzene rings is 2. The molecule has 3 aromatic rings. The van der Waals surface area contributed by atoms with Crippen LogP contribution in [0, 0.1) is 0 Å². The van der Waals surface area contributed by atoms with Gasteiger partial charge in [0.2, 0.25) is 6.79 Å². The summed E-state index contributed by atoms with van der Waals surface area (Å²) in [5, 5.41) is 12.3. The van der Waals surface area contributed by atoms with Gasteiger partial charge in [0.1, 0.15) is 18.1 Å². The zero-order chi connectivity index (χ0) is 18.1. The minimum absolute atomic E-state index is 0.155. The van der Waals surface area contributed by atoms with Crippen LogP contribution in [0.3, 0.4) is 0 Å². The molecule has 0 unspecified atom stereocenters. The number of nitrogens with one attached hydrogen (secondary N) is 1. The number of carbonyl (C=O) groups excluding carboxylic acids is 1. The second-order valence-electron chi connectivity index (χ2n) is 5.64. The molecule has 0 bridgehead atoms. The molecular weight excluding hydrogens is 358 g/mol. The molecule has 7 heteroatoms. The highest BCUT2D eigenvalue weighted by Crippen LogP contribution is 2.34. The first-order valence-corrected chi connectivity index (χ1v) is 8.22. The Kier molecular flexibility index (Phi) is 4.28. The lowest BCUT2D eigenvalue weighted by molar-refractivity contribution is 0.102. The quantitative estimate of drug-likeness (QED) is 0.722.